The molecule has 0 N–H and O–H groups in total. The number of benzene rings is 2. The van der Waals surface area contributed by atoms with Crippen molar-refractivity contribution in [2.45, 2.75) is 25.5 Å². The largest absolute Gasteiger partial charge is 0.489 e. The Morgan fingerprint density at radius 2 is 1.79 bits per heavy atom. The third-order valence-electron chi connectivity index (χ3n) is 5.23. The van der Waals surface area contributed by atoms with E-state index < -0.39 is 0 Å². The summed E-state index contributed by atoms with van der Waals surface area (Å²) in [6.07, 6.45) is 1.24. The fourth-order valence-electron chi connectivity index (χ4n) is 3.69. The number of thioether (sulfide) groups is 1. The van der Waals surface area contributed by atoms with Crippen molar-refractivity contribution < 1.29 is 19.1 Å². The van der Waals surface area contributed by atoms with E-state index in [-0.39, 0.29) is 28.8 Å². The van der Waals surface area contributed by atoms with Crippen LogP contribution in [0.5, 0.6) is 5.75 Å². The predicted molar refractivity (Wildman–Crippen MR) is 111 cm³/mol. The molecular formula is C22H22N2O4S. The average Bonchev–Trinajstić information content (AvgIpc) is 3.11. The van der Waals surface area contributed by atoms with E-state index >= 15 is 0 Å². The van der Waals surface area contributed by atoms with Gasteiger partial charge in [-0.1, -0.05) is 48.2 Å². The molecule has 150 valence electrons. The normalized spacial score (nSPS) is 17.7. The minimum atomic E-state index is -0.164. The number of ether oxygens (including phenoxy) is 1. The van der Waals surface area contributed by atoms with Crippen LogP contribution in [0.4, 0.5) is 4.79 Å². The van der Waals surface area contributed by atoms with Gasteiger partial charge in [0.2, 0.25) is 5.91 Å². The van der Waals surface area contributed by atoms with Crippen LogP contribution in [0.1, 0.15) is 28.8 Å². The lowest BCUT2D eigenvalue weighted by molar-refractivity contribution is -0.126. The van der Waals surface area contributed by atoms with Gasteiger partial charge in [-0.2, -0.15) is 0 Å². The Morgan fingerprint density at radius 3 is 2.48 bits per heavy atom. The van der Waals surface area contributed by atoms with Crippen molar-refractivity contribution in [3.63, 3.8) is 0 Å². The zero-order valence-electron chi connectivity index (χ0n) is 16.0. The van der Waals surface area contributed by atoms with E-state index in [1.54, 1.807) is 17.0 Å². The van der Waals surface area contributed by atoms with Crippen LogP contribution in [-0.4, -0.2) is 51.7 Å². The van der Waals surface area contributed by atoms with Gasteiger partial charge in [0.1, 0.15) is 12.4 Å². The van der Waals surface area contributed by atoms with Gasteiger partial charge in [0, 0.05) is 24.7 Å². The van der Waals surface area contributed by atoms with Crippen LogP contribution in [0.25, 0.3) is 0 Å². The molecule has 0 atom stereocenters. The summed E-state index contributed by atoms with van der Waals surface area (Å²) in [5, 5.41) is -0.164. The monoisotopic (exact) mass is 410 g/mol. The highest BCUT2D eigenvalue weighted by Gasteiger charge is 2.38. The third-order valence-corrected chi connectivity index (χ3v) is 6.07. The fraction of sp³-hybridized carbons (Fsp3) is 0.318. The zero-order valence-corrected chi connectivity index (χ0v) is 16.8. The molecule has 0 radical (unpaired) electrons. The number of hydrogen-bond donors (Lipinski definition) is 0. The van der Waals surface area contributed by atoms with Gasteiger partial charge in [-0.15, -0.1) is 0 Å². The quantitative estimate of drug-likeness (QED) is 0.754. The van der Waals surface area contributed by atoms with E-state index in [1.165, 1.54) is 4.90 Å². The highest BCUT2D eigenvalue weighted by Crippen LogP contribution is 2.27. The molecule has 29 heavy (non-hydrogen) atoms. The summed E-state index contributed by atoms with van der Waals surface area (Å²) >= 11 is 1.06. The molecule has 0 bridgehead atoms. The van der Waals surface area contributed by atoms with E-state index in [9.17, 15) is 14.4 Å². The second kappa shape index (κ2) is 8.69. The van der Waals surface area contributed by atoms with Gasteiger partial charge in [-0.3, -0.25) is 19.3 Å². The van der Waals surface area contributed by atoms with Gasteiger partial charge in [-0.25, -0.2) is 0 Å². The topological polar surface area (TPSA) is 66.9 Å². The summed E-state index contributed by atoms with van der Waals surface area (Å²) in [5.41, 5.74) is 1.65. The molecule has 4 rings (SSSR count). The number of carbonyl (C=O) groups excluding carboxylic acids is 3. The Balaban J connectivity index is 1.35. The Labute approximate surface area is 173 Å². The zero-order chi connectivity index (χ0) is 20.2. The third kappa shape index (κ3) is 4.45. The SMILES string of the molecule is O=C(c1cccc(OCc2ccccc2)c1)N1CCC(N2C(=O)CSC2=O)CC1. The van der Waals surface area contributed by atoms with Crippen LogP contribution < -0.4 is 4.74 Å². The van der Waals surface area contributed by atoms with Crippen molar-refractivity contribution in [3.05, 3.63) is 65.7 Å². The molecule has 2 aliphatic heterocycles. The second-order valence-corrected chi connectivity index (χ2v) is 8.07. The van der Waals surface area contributed by atoms with Crippen molar-refractivity contribution in [1.29, 1.82) is 0 Å². The maximum absolute atomic E-state index is 12.9. The van der Waals surface area contributed by atoms with E-state index in [0.717, 1.165) is 17.3 Å². The molecule has 3 amide bonds. The predicted octanol–water partition coefficient (Wildman–Crippen LogP) is 3.57. The molecule has 2 aromatic rings. The minimum absolute atomic E-state index is 0.0536. The number of hydrogen-bond acceptors (Lipinski definition) is 5. The average molecular weight is 410 g/mol. The standard InChI is InChI=1S/C22H22N2O4S/c25-20-15-29-22(27)24(20)18-9-11-23(12-10-18)21(26)17-7-4-8-19(13-17)28-14-16-5-2-1-3-6-16/h1-8,13,18H,9-12,14-15H2. The van der Waals surface area contributed by atoms with Crippen molar-refractivity contribution >= 4 is 28.8 Å². The van der Waals surface area contributed by atoms with E-state index in [1.807, 2.05) is 42.5 Å². The number of imide groups is 1. The van der Waals surface area contributed by atoms with Gasteiger partial charge < -0.3 is 9.64 Å². The Bertz CT molecular complexity index is 894. The molecule has 0 saturated carbocycles. The second-order valence-electron chi connectivity index (χ2n) is 7.14. The molecule has 7 heteroatoms. The first-order chi connectivity index (χ1) is 14.1. The first kappa shape index (κ1) is 19.5. The van der Waals surface area contributed by atoms with Crippen LogP contribution >= 0.6 is 11.8 Å². The van der Waals surface area contributed by atoms with Crippen LogP contribution in [-0.2, 0) is 11.4 Å². The number of nitrogens with zero attached hydrogens (tertiary/aromatic N) is 2. The molecule has 2 heterocycles. The summed E-state index contributed by atoms with van der Waals surface area (Å²) < 4.78 is 5.82. The lowest BCUT2D eigenvalue weighted by Crippen LogP contribution is -2.48. The lowest BCUT2D eigenvalue weighted by atomic mass is 10.0. The molecule has 2 fully saturated rings. The van der Waals surface area contributed by atoms with Crippen LogP contribution in [0, 0.1) is 0 Å². The number of piperidine rings is 1. The van der Waals surface area contributed by atoms with Crippen molar-refractivity contribution in [3.8, 4) is 5.75 Å². The van der Waals surface area contributed by atoms with Crippen LogP contribution in [0.15, 0.2) is 54.6 Å². The van der Waals surface area contributed by atoms with Gasteiger partial charge in [0.05, 0.1) is 5.75 Å². The van der Waals surface area contributed by atoms with Gasteiger partial charge in [-0.05, 0) is 36.6 Å². The maximum Gasteiger partial charge on any atom is 0.289 e. The Morgan fingerprint density at radius 1 is 1.03 bits per heavy atom. The number of rotatable bonds is 5. The smallest absolute Gasteiger partial charge is 0.289 e. The highest BCUT2D eigenvalue weighted by atomic mass is 32.2. The van der Waals surface area contributed by atoms with Gasteiger partial charge in [0.25, 0.3) is 11.1 Å². The number of likely N-dealkylation sites (tertiary alicyclic amines) is 1. The van der Waals surface area contributed by atoms with Gasteiger partial charge in [0.15, 0.2) is 0 Å². The summed E-state index contributed by atoms with van der Waals surface area (Å²) in [5.74, 6) is 0.711. The van der Waals surface area contributed by atoms with Crippen molar-refractivity contribution in [1.82, 2.24) is 9.80 Å². The Kier molecular flexibility index (Phi) is 5.85. The van der Waals surface area contributed by atoms with Crippen LogP contribution in [0.2, 0.25) is 0 Å². The van der Waals surface area contributed by atoms with Gasteiger partial charge >= 0.3 is 0 Å². The molecule has 0 aliphatic carbocycles. The first-order valence-electron chi connectivity index (χ1n) is 9.67. The molecule has 6 nitrogen and oxygen atoms in total. The molecule has 2 aliphatic rings. The summed E-state index contributed by atoms with van der Waals surface area (Å²) in [4.78, 5) is 39.9. The van der Waals surface area contributed by atoms with E-state index in [0.29, 0.717) is 43.9 Å². The molecule has 2 saturated heterocycles. The number of amides is 3. The molecule has 0 aromatic heterocycles. The molecule has 0 spiro atoms. The summed E-state index contributed by atoms with van der Waals surface area (Å²) in [6, 6.07) is 17.0. The molecule has 0 unspecified atom stereocenters. The first-order valence-corrected chi connectivity index (χ1v) is 10.7. The van der Waals surface area contributed by atoms with E-state index in [2.05, 4.69) is 0 Å². The van der Waals surface area contributed by atoms with E-state index in [4.69, 9.17) is 4.74 Å². The van der Waals surface area contributed by atoms with Crippen molar-refractivity contribution in [2.75, 3.05) is 18.8 Å². The summed E-state index contributed by atoms with van der Waals surface area (Å²) in [6.45, 7) is 1.50. The Hall–Kier alpha value is -2.80. The highest BCUT2D eigenvalue weighted by molar-refractivity contribution is 8.14. The lowest BCUT2D eigenvalue weighted by Gasteiger charge is -2.35. The fourth-order valence-corrected chi connectivity index (χ4v) is 4.46. The molecule has 2 aromatic carbocycles. The number of carbonyl (C=O) groups is 3. The maximum atomic E-state index is 12.9. The van der Waals surface area contributed by atoms with Crippen LogP contribution in [0.3, 0.4) is 0 Å². The summed E-state index contributed by atoms with van der Waals surface area (Å²) in [7, 11) is 0. The molecular weight excluding hydrogens is 388 g/mol. The minimum Gasteiger partial charge on any atom is -0.489 e. The van der Waals surface area contributed by atoms with Crippen molar-refractivity contribution in [2.24, 2.45) is 0 Å².